The Morgan fingerprint density at radius 2 is 2.00 bits per heavy atom. The van der Waals surface area contributed by atoms with Gasteiger partial charge in [0.15, 0.2) is 0 Å². The Morgan fingerprint density at radius 1 is 1.37 bits per heavy atom. The Labute approximate surface area is 113 Å². The minimum absolute atomic E-state index is 0.0405. The van der Waals surface area contributed by atoms with Crippen LogP contribution < -0.4 is 5.32 Å². The SMILES string of the molecule is CC(C)(C)OC(=O)NC1(C=O)CC1c1ccccc1. The van der Waals surface area contributed by atoms with E-state index in [0.29, 0.717) is 6.42 Å². The number of hydrogen-bond donors (Lipinski definition) is 1. The zero-order valence-corrected chi connectivity index (χ0v) is 11.5. The van der Waals surface area contributed by atoms with Gasteiger partial charge in [-0.05, 0) is 32.8 Å². The molecule has 1 amide bonds. The molecule has 0 bridgehead atoms. The van der Waals surface area contributed by atoms with Gasteiger partial charge in [-0.15, -0.1) is 0 Å². The summed E-state index contributed by atoms with van der Waals surface area (Å²) in [5.74, 6) is 0.0405. The summed E-state index contributed by atoms with van der Waals surface area (Å²) in [6, 6.07) is 9.71. The molecule has 1 aromatic rings. The van der Waals surface area contributed by atoms with Gasteiger partial charge in [0.1, 0.15) is 17.4 Å². The van der Waals surface area contributed by atoms with Gasteiger partial charge in [0.2, 0.25) is 0 Å². The van der Waals surface area contributed by atoms with Gasteiger partial charge in [0.05, 0.1) is 0 Å². The van der Waals surface area contributed by atoms with Gasteiger partial charge in [-0.1, -0.05) is 30.3 Å². The fourth-order valence-corrected chi connectivity index (χ4v) is 2.17. The lowest BCUT2D eigenvalue weighted by Gasteiger charge is -2.21. The number of rotatable bonds is 3. The molecule has 19 heavy (non-hydrogen) atoms. The molecule has 0 aromatic heterocycles. The number of amides is 1. The van der Waals surface area contributed by atoms with Crippen LogP contribution in [0.2, 0.25) is 0 Å². The van der Waals surface area contributed by atoms with Gasteiger partial charge in [0, 0.05) is 5.92 Å². The molecule has 4 nitrogen and oxygen atoms in total. The lowest BCUT2D eigenvalue weighted by molar-refractivity contribution is -0.110. The minimum atomic E-state index is -0.802. The third kappa shape index (κ3) is 3.13. The van der Waals surface area contributed by atoms with Crippen molar-refractivity contribution in [1.82, 2.24) is 5.32 Å². The van der Waals surface area contributed by atoms with Crippen molar-refractivity contribution in [2.24, 2.45) is 0 Å². The van der Waals surface area contributed by atoms with Crippen molar-refractivity contribution in [2.45, 2.75) is 44.2 Å². The molecule has 2 unspecified atom stereocenters. The molecule has 0 spiro atoms. The first-order valence-corrected chi connectivity index (χ1v) is 6.39. The van der Waals surface area contributed by atoms with Gasteiger partial charge >= 0.3 is 6.09 Å². The maximum atomic E-state index is 11.8. The number of alkyl carbamates (subject to hydrolysis) is 1. The van der Waals surface area contributed by atoms with Crippen molar-refractivity contribution in [2.75, 3.05) is 0 Å². The number of carbonyl (C=O) groups excluding carboxylic acids is 2. The summed E-state index contributed by atoms with van der Waals surface area (Å²) in [7, 11) is 0. The van der Waals surface area contributed by atoms with Crippen LogP contribution in [0.15, 0.2) is 30.3 Å². The van der Waals surface area contributed by atoms with Crippen LogP contribution in [0.25, 0.3) is 0 Å². The van der Waals surface area contributed by atoms with E-state index < -0.39 is 17.2 Å². The minimum Gasteiger partial charge on any atom is -0.444 e. The molecule has 0 aliphatic heterocycles. The van der Waals surface area contributed by atoms with E-state index in [0.717, 1.165) is 11.8 Å². The zero-order chi connectivity index (χ0) is 14.1. The molecular weight excluding hydrogens is 242 g/mol. The van der Waals surface area contributed by atoms with Crippen molar-refractivity contribution >= 4 is 12.4 Å². The highest BCUT2D eigenvalue weighted by molar-refractivity contribution is 5.82. The zero-order valence-electron chi connectivity index (χ0n) is 11.5. The predicted molar refractivity (Wildman–Crippen MR) is 72.0 cm³/mol. The van der Waals surface area contributed by atoms with Gasteiger partial charge in [0.25, 0.3) is 0 Å². The molecule has 4 heteroatoms. The summed E-state index contributed by atoms with van der Waals surface area (Å²) in [5.41, 5.74) is -0.305. The van der Waals surface area contributed by atoms with E-state index in [-0.39, 0.29) is 5.92 Å². The molecule has 1 aromatic carbocycles. The quantitative estimate of drug-likeness (QED) is 0.851. The summed E-state index contributed by atoms with van der Waals surface area (Å²) >= 11 is 0. The Morgan fingerprint density at radius 3 is 2.53 bits per heavy atom. The van der Waals surface area contributed by atoms with Crippen molar-refractivity contribution < 1.29 is 14.3 Å². The van der Waals surface area contributed by atoms with E-state index in [1.54, 1.807) is 20.8 Å². The van der Waals surface area contributed by atoms with Crippen molar-refractivity contribution in [3.05, 3.63) is 35.9 Å². The first-order chi connectivity index (χ1) is 8.86. The molecule has 2 atom stereocenters. The van der Waals surface area contributed by atoms with Crippen LogP contribution in [0.5, 0.6) is 0 Å². The van der Waals surface area contributed by atoms with Gasteiger partial charge in [-0.25, -0.2) is 4.79 Å². The molecule has 102 valence electrons. The van der Waals surface area contributed by atoms with Gasteiger partial charge in [-0.3, -0.25) is 0 Å². The van der Waals surface area contributed by atoms with E-state index in [2.05, 4.69) is 5.32 Å². The molecule has 1 aliphatic rings. The number of ether oxygens (including phenoxy) is 1. The van der Waals surface area contributed by atoms with Crippen LogP contribution in [0.3, 0.4) is 0 Å². The highest BCUT2D eigenvalue weighted by Crippen LogP contribution is 2.50. The van der Waals surface area contributed by atoms with Crippen LogP contribution in [-0.4, -0.2) is 23.5 Å². The van der Waals surface area contributed by atoms with E-state index in [9.17, 15) is 9.59 Å². The summed E-state index contributed by atoms with van der Waals surface area (Å²) in [6.07, 6.45) is 0.895. The number of carbonyl (C=O) groups is 2. The van der Waals surface area contributed by atoms with Crippen LogP contribution >= 0.6 is 0 Å². The average Bonchev–Trinajstić information content (AvgIpc) is 3.02. The van der Waals surface area contributed by atoms with Gasteiger partial charge < -0.3 is 14.8 Å². The van der Waals surface area contributed by atoms with Crippen molar-refractivity contribution in [1.29, 1.82) is 0 Å². The third-order valence-electron chi connectivity index (χ3n) is 3.15. The monoisotopic (exact) mass is 261 g/mol. The van der Waals surface area contributed by atoms with E-state index >= 15 is 0 Å². The Kier molecular flexibility index (Phi) is 3.35. The largest absolute Gasteiger partial charge is 0.444 e. The first-order valence-electron chi connectivity index (χ1n) is 6.39. The van der Waals surface area contributed by atoms with Gasteiger partial charge in [-0.2, -0.15) is 0 Å². The topological polar surface area (TPSA) is 55.4 Å². The molecule has 1 N–H and O–H groups in total. The summed E-state index contributed by atoms with van der Waals surface area (Å²) in [6.45, 7) is 5.38. The van der Waals surface area contributed by atoms with Crippen LogP contribution in [-0.2, 0) is 9.53 Å². The lowest BCUT2D eigenvalue weighted by atomic mass is 10.1. The molecule has 0 saturated heterocycles. The number of hydrogen-bond acceptors (Lipinski definition) is 3. The smallest absolute Gasteiger partial charge is 0.408 e. The van der Waals surface area contributed by atoms with Crippen LogP contribution in [0.1, 0.15) is 38.7 Å². The fraction of sp³-hybridized carbons (Fsp3) is 0.467. The average molecular weight is 261 g/mol. The summed E-state index contributed by atoms with van der Waals surface area (Å²) in [5, 5.41) is 2.69. The first kappa shape index (κ1) is 13.6. The molecule has 1 aliphatic carbocycles. The van der Waals surface area contributed by atoms with Crippen LogP contribution in [0.4, 0.5) is 4.79 Å². The van der Waals surface area contributed by atoms with E-state index in [1.165, 1.54) is 0 Å². The molecule has 1 fully saturated rings. The number of benzene rings is 1. The normalized spacial score (nSPS) is 25.5. The third-order valence-corrected chi connectivity index (χ3v) is 3.15. The van der Waals surface area contributed by atoms with Crippen molar-refractivity contribution in [3.63, 3.8) is 0 Å². The Hall–Kier alpha value is -1.84. The molecule has 0 radical (unpaired) electrons. The molecule has 2 rings (SSSR count). The lowest BCUT2D eigenvalue weighted by Crippen LogP contribution is -2.42. The number of aldehydes is 1. The predicted octanol–water partition coefficient (Wildman–Crippen LogP) is 2.64. The standard InChI is InChI=1S/C15H19NO3/c1-14(2,3)19-13(18)16-15(10-17)9-12(15)11-7-5-4-6-8-11/h4-8,10,12H,9H2,1-3H3,(H,16,18). The highest BCUT2D eigenvalue weighted by Gasteiger charge is 2.56. The van der Waals surface area contributed by atoms with E-state index in [4.69, 9.17) is 4.74 Å². The Balaban J connectivity index is 2.03. The second kappa shape index (κ2) is 4.68. The summed E-state index contributed by atoms with van der Waals surface area (Å²) < 4.78 is 5.19. The second-order valence-electron chi connectivity index (χ2n) is 5.95. The second-order valence-corrected chi connectivity index (χ2v) is 5.95. The molecule has 1 saturated carbocycles. The van der Waals surface area contributed by atoms with Crippen molar-refractivity contribution in [3.8, 4) is 0 Å². The highest BCUT2D eigenvalue weighted by atomic mass is 16.6. The summed E-state index contributed by atoms with van der Waals surface area (Å²) in [4.78, 5) is 23.1. The number of nitrogens with one attached hydrogen (secondary N) is 1. The fourth-order valence-electron chi connectivity index (χ4n) is 2.17. The van der Waals surface area contributed by atoms with Crippen LogP contribution in [0, 0.1) is 0 Å². The Bertz CT molecular complexity index is 478. The van der Waals surface area contributed by atoms with E-state index in [1.807, 2.05) is 30.3 Å². The molecular formula is C15H19NO3. The maximum absolute atomic E-state index is 11.8. The maximum Gasteiger partial charge on any atom is 0.408 e. The molecule has 0 heterocycles.